The van der Waals surface area contributed by atoms with Gasteiger partial charge in [-0.25, -0.2) is 0 Å². The fraction of sp³-hybridized carbons (Fsp3) is 0.316. The minimum absolute atomic E-state index is 0. The van der Waals surface area contributed by atoms with E-state index >= 15 is 0 Å². The number of carbonyl (C=O) groups is 1. The summed E-state index contributed by atoms with van der Waals surface area (Å²) in [5.74, 6) is 0.321. The van der Waals surface area contributed by atoms with E-state index in [-0.39, 0.29) is 24.4 Å². The second kappa shape index (κ2) is 8.29. The van der Waals surface area contributed by atoms with Gasteiger partial charge >= 0.3 is 0 Å². The van der Waals surface area contributed by atoms with Crippen LogP contribution < -0.4 is 11.1 Å². The molecular formula is C19H24ClN3O. The number of nitrogens with one attached hydrogen (secondary N) is 1. The Kier molecular flexibility index (Phi) is 6.37. The number of halogens is 1. The van der Waals surface area contributed by atoms with Crippen molar-refractivity contribution in [2.45, 2.75) is 25.4 Å². The van der Waals surface area contributed by atoms with Crippen LogP contribution in [0.15, 0.2) is 54.6 Å². The van der Waals surface area contributed by atoms with Gasteiger partial charge in [-0.1, -0.05) is 48.5 Å². The van der Waals surface area contributed by atoms with Crippen LogP contribution in [-0.4, -0.2) is 29.9 Å². The third kappa shape index (κ3) is 4.35. The van der Waals surface area contributed by atoms with E-state index in [4.69, 9.17) is 5.73 Å². The van der Waals surface area contributed by atoms with Gasteiger partial charge in [0.25, 0.3) is 0 Å². The summed E-state index contributed by atoms with van der Waals surface area (Å²) < 4.78 is 0. The number of benzene rings is 2. The summed E-state index contributed by atoms with van der Waals surface area (Å²) in [6.07, 6.45) is 0. The molecule has 0 spiro atoms. The molecule has 1 aliphatic heterocycles. The number of para-hydroxylation sites is 1. The Bertz CT molecular complexity index is 677. The van der Waals surface area contributed by atoms with E-state index in [1.165, 1.54) is 12.5 Å². The van der Waals surface area contributed by atoms with Crippen LogP contribution in [0.25, 0.3) is 0 Å². The molecule has 1 amide bonds. The molecule has 3 rings (SSSR count). The zero-order valence-corrected chi connectivity index (χ0v) is 14.6. The van der Waals surface area contributed by atoms with Crippen LogP contribution in [0.5, 0.6) is 0 Å². The largest absolute Gasteiger partial charge is 0.326 e. The van der Waals surface area contributed by atoms with Crippen LogP contribution in [0.3, 0.4) is 0 Å². The van der Waals surface area contributed by atoms with Crippen molar-refractivity contribution in [3.05, 3.63) is 65.7 Å². The van der Waals surface area contributed by atoms with Crippen molar-refractivity contribution in [1.82, 2.24) is 4.90 Å². The Morgan fingerprint density at radius 3 is 2.50 bits per heavy atom. The molecule has 0 aliphatic carbocycles. The number of hydrogen-bond donors (Lipinski definition) is 2. The van der Waals surface area contributed by atoms with E-state index in [0.29, 0.717) is 5.92 Å². The van der Waals surface area contributed by atoms with E-state index < -0.39 is 0 Å². The number of likely N-dealkylation sites (tertiary alicyclic amines) is 1. The molecule has 2 aromatic carbocycles. The molecular weight excluding hydrogens is 322 g/mol. The lowest BCUT2D eigenvalue weighted by Gasteiger charge is -2.18. The number of hydrogen-bond acceptors (Lipinski definition) is 3. The zero-order chi connectivity index (χ0) is 16.2. The first-order chi connectivity index (χ1) is 11.1. The first kappa shape index (κ1) is 18.5. The number of amides is 1. The standard InChI is InChI=1S/C19H23N3O.ClH/c1-14(23)21-19-10-6-5-9-16(19)11-22-12-17(18(20)13-22)15-7-3-2-4-8-15;/h2-10,17-18H,11-13,20H2,1H3,(H,21,23);1H/t17-,18+;/m0./s1. The number of nitrogens with two attached hydrogens (primary N) is 1. The number of nitrogens with zero attached hydrogens (tertiary/aromatic N) is 1. The van der Waals surface area contributed by atoms with Gasteiger partial charge in [0.05, 0.1) is 0 Å². The molecule has 0 saturated carbocycles. The maximum atomic E-state index is 11.3. The van der Waals surface area contributed by atoms with Crippen molar-refractivity contribution in [3.8, 4) is 0 Å². The lowest BCUT2D eigenvalue weighted by Crippen LogP contribution is -2.28. The summed E-state index contributed by atoms with van der Waals surface area (Å²) in [4.78, 5) is 13.7. The molecule has 1 fully saturated rings. The van der Waals surface area contributed by atoms with Gasteiger partial charge in [-0.15, -0.1) is 12.4 Å². The molecule has 24 heavy (non-hydrogen) atoms. The summed E-state index contributed by atoms with van der Waals surface area (Å²) >= 11 is 0. The highest BCUT2D eigenvalue weighted by Crippen LogP contribution is 2.28. The van der Waals surface area contributed by atoms with E-state index in [9.17, 15) is 4.79 Å². The van der Waals surface area contributed by atoms with Crippen LogP contribution in [0, 0.1) is 0 Å². The van der Waals surface area contributed by atoms with Gasteiger partial charge in [0.2, 0.25) is 5.91 Å². The fourth-order valence-electron chi connectivity index (χ4n) is 3.31. The third-order valence-electron chi connectivity index (χ3n) is 4.39. The molecule has 2 atom stereocenters. The molecule has 0 radical (unpaired) electrons. The molecule has 1 aliphatic rings. The lowest BCUT2D eigenvalue weighted by molar-refractivity contribution is -0.114. The van der Waals surface area contributed by atoms with Gasteiger partial charge < -0.3 is 11.1 Å². The molecule has 4 nitrogen and oxygen atoms in total. The van der Waals surface area contributed by atoms with E-state index in [0.717, 1.165) is 30.9 Å². The normalized spacial score (nSPS) is 20.4. The van der Waals surface area contributed by atoms with Crippen molar-refractivity contribution in [2.75, 3.05) is 18.4 Å². The predicted molar refractivity (Wildman–Crippen MR) is 100 cm³/mol. The van der Waals surface area contributed by atoms with E-state index in [1.54, 1.807) is 0 Å². The smallest absolute Gasteiger partial charge is 0.221 e. The van der Waals surface area contributed by atoms with Gasteiger partial charge in [-0.2, -0.15) is 0 Å². The van der Waals surface area contributed by atoms with Crippen molar-refractivity contribution in [3.63, 3.8) is 0 Å². The maximum Gasteiger partial charge on any atom is 0.221 e. The molecule has 5 heteroatoms. The fourth-order valence-corrected chi connectivity index (χ4v) is 3.31. The van der Waals surface area contributed by atoms with Crippen molar-refractivity contribution in [1.29, 1.82) is 0 Å². The van der Waals surface area contributed by atoms with Gasteiger partial charge in [-0.3, -0.25) is 9.69 Å². The molecule has 0 unspecified atom stereocenters. The average molecular weight is 346 g/mol. The Balaban J connectivity index is 0.00000208. The van der Waals surface area contributed by atoms with Crippen LogP contribution >= 0.6 is 12.4 Å². The van der Waals surface area contributed by atoms with Gasteiger partial charge in [0.15, 0.2) is 0 Å². The topological polar surface area (TPSA) is 58.4 Å². The average Bonchev–Trinajstić information content (AvgIpc) is 2.90. The van der Waals surface area contributed by atoms with Gasteiger partial charge in [0.1, 0.15) is 0 Å². The molecule has 0 aromatic heterocycles. The summed E-state index contributed by atoms with van der Waals surface area (Å²) in [6.45, 7) is 4.15. The van der Waals surface area contributed by atoms with Gasteiger partial charge in [0, 0.05) is 44.2 Å². The second-order valence-corrected chi connectivity index (χ2v) is 6.21. The van der Waals surface area contributed by atoms with E-state index in [2.05, 4.69) is 40.5 Å². The monoisotopic (exact) mass is 345 g/mol. The van der Waals surface area contributed by atoms with Crippen molar-refractivity contribution < 1.29 is 4.79 Å². The van der Waals surface area contributed by atoms with Gasteiger partial charge in [-0.05, 0) is 17.2 Å². The summed E-state index contributed by atoms with van der Waals surface area (Å²) in [5, 5.41) is 2.90. The van der Waals surface area contributed by atoms with Crippen molar-refractivity contribution >= 4 is 24.0 Å². The summed E-state index contributed by atoms with van der Waals surface area (Å²) in [6, 6.07) is 18.6. The molecule has 0 bridgehead atoms. The highest BCUT2D eigenvalue weighted by Gasteiger charge is 2.31. The van der Waals surface area contributed by atoms with Crippen molar-refractivity contribution in [2.24, 2.45) is 5.73 Å². The number of anilines is 1. The number of rotatable bonds is 4. The molecule has 3 N–H and O–H groups in total. The second-order valence-electron chi connectivity index (χ2n) is 6.21. The Morgan fingerprint density at radius 2 is 1.79 bits per heavy atom. The highest BCUT2D eigenvalue weighted by molar-refractivity contribution is 5.89. The summed E-state index contributed by atoms with van der Waals surface area (Å²) in [5.41, 5.74) is 9.68. The molecule has 2 aromatic rings. The predicted octanol–water partition coefficient (Wildman–Crippen LogP) is 2.99. The first-order valence-corrected chi connectivity index (χ1v) is 8.02. The van der Waals surface area contributed by atoms with Crippen LogP contribution in [0.1, 0.15) is 24.0 Å². The zero-order valence-electron chi connectivity index (χ0n) is 13.8. The molecule has 128 valence electrons. The van der Waals surface area contributed by atoms with Crippen LogP contribution in [-0.2, 0) is 11.3 Å². The van der Waals surface area contributed by atoms with E-state index in [1.807, 2.05) is 24.3 Å². The third-order valence-corrected chi connectivity index (χ3v) is 4.39. The molecule has 1 saturated heterocycles. The van der Waals surface area contributed by atoms with Crippen LogP contribution in [0.4, 0.5) is 5.69 Å². The minimum Gasteiger partial charge on any atom is -0.326 e. The molecule has 1 heterocycles. The summed E-state index contributed by atoms with van der Waals surface area (Å²) in [7, 11) is 0. The van der Waals surface area contributed by atoms with Crippen LogP contribution in [0.2, 0.25) is 0 Å². The highest BCUT2D eigenvalue weighted by atomic mass is 35.5. The quantitative estimate of drug-likeness (QED) is 0.895. The first-order valence-electron chi connectivity index (χ1n) is 8.02. The SMILES string of the molecule is CC(=O)Nc1ccccc1CN1C[C@@H](N)[C@H](c2ccccc2)C1.Cl. The number of carbonyl (C=O) groups excluding carboxylic acids is 1. The minimum atomic E-state index is -0.0438. The maximum absolute atomic E-state index is 11.3. The Labute approximate surface area is 149 Å². The lowest BCUT2D eigenvalue weighted by atomic mass is 9.95. The Morgan fingerprint density at radius 1 is 1.12 bits per heavy atom. The Hall–Kier alpha value is -1.88.